The van der Waals surface area contributed by atoms with Gasteiger partial charge in [-0.3, -0.25) is 0 Å². The number of halogens is 1. The van der Waals surface area contributed by atoms with Gasteiger partial charge in [0.1, 0.15) is 23.9 Å². The molecule has 1 aromatic carbocycles. The lowest BCUT2D eigenvalue weighted by Gasteiger charge is -2.27. The predicted octanol–water partition coefficient (Wildman–Crippen LogP) is 4.04. The number of rotatable bonds is 3. The number of ether oxygens (including phenoxy) is 2. The van der Waals surface area contributed by atoms with Crippen molar-refractivity contribution in [1.82, 2.24) is 4.98 Å². The molecule has 5 nitrogen and oxygen atoms in total. The van der Waals surface area contributed by atoms with E-state index in [2.05, 4.69) is 38.1 Å². The number of hydrogen-bond acceptors (Lipinski definition) is 5. The standard InChI is InChI=1S/C17H20BrN3O2/c1-10-5-6-14(22-4)11(2)15(10)19-16-12(18)9-13-17(20-16)23-8-7-21(13)3/h5-6,9H,7-8H2,1-4H3,(H,19,20). The van der Waals surface area contributed by atoms with Crippen molar-refractivity contribution < 1.29 is 9.47 Å². The van der Waals surface area contributed by atoms with Gasteiger partial charge >= 0.3 is 0 Å². The minimum absolute atomic E-state index is 0.648. The molecular formula is C17H20BrN3O2. The zero-order valence-corrected chi connectivity index (χ0v) is 15.3. The number of anilines is 3. The van der Waals surface area contributed by atoms with Gasteiger partial charge in [0.05, 0.1) is 18.1 Å². The van der Waals surface area contributed by atoms with Crippen LogP contribution in [-0.2, 0) is 0 Å². The Morgan fingerprint density at radius 3 is 2.87 bits per heavy atom. The molecule has 1 N–H and O–H groups in total. The van der Waals surface area contributed by atoms with Crippen molar-refractivity contribution in [3.05, 3.63) is 33.8 Å². The normalized spacial score (nSPS) is 13.3. The van der Waals surface area contributed by atoms with Crippen LogP contribution in [0.4, 0.5) is 17.2 Å². The summed E-state index contributed by atoms with van der Waals surface area (Å²) < 4.78 is 12.0. The molecule has 0 bridgehead atoms. The Hall–Kier alpha value is -1.95. The van der Waals surface area contributed by atoms with Crippen molar-refractivity contribution in [2.45, 2.75) is 13.8 Å². The fraction of sp³-hybridized carbons (Fsp3) is 0.353. The molecular weight excluding hydrogens is 358 g/mol. The van der Waals surface area contributed by atoms with Crippen LogP contribution in [0.15, 0.2) is 22.7 Å². The lowest BCUT2D eigenvalue weighted by molar-refractivity contribution is 0.299. The van der Waals surface area contributed by atoms with E-state index in [0.717, 1.165) is 45.1 Å². The highest BCUT2D eigenvalue weighted by Crippen LogP contribution is 2.38. The number of nitrogens with zero attached hydrogens (tertiary/aromatic N) is 2. The maximum atomic E-state index is 5.69. The van der Waals surface area contributed by atoms with E-state index >= 15 is 0 Å². The third-order valence-corrected chi connectivity index (χ3v) is 4.69. The van der Waals surface area contributed by atoms with Gasteiger partial charge in [0.2, 0.25) is 5.88 Å². The van der Waals surface area contributed by atoms with Gasteiger partial charge < -0.3 is 19.7 Å². The van der Waals surface area contributed by atoms with Crippen LogP contribution in [0.1, 0.15) is 11.1 Å². The molecule has 0 aliphatic carbocycles. The first-order valence-corrected chi connectivity index (χ1v) is 8.26. The smallest absolute Gasteiger partial charge is 0.239 e. The number of aromatic nitrogens is 1. The third kappa shape index (κ3) is 2.95. The second kappa shape index (κ2) is 6.28. The molecule has 0 radical (unpaired) electrons. The SMILES string of the molecule is COc1ccc(C)c(Nc2nc3c(cc2Br)N(C)CCO3)c1C. The number of benzene rings is 1. The minimum atomic E-state index is 0.648. The second-order valence-corrected chi connectivity index (χ2v) is 6.48. The first-order valence-electron chi connectivity index (χ1n) is 7.47. The van der Waals surface area contributed by atoms with Gasteiger partial charge in [-0.25, -0.2) is 0 Å². The van der Waals surface area contributed by atoms with Crippen LogP contribution < -0.4 is 19.7 Å². The highest BCUT2D eigenvalue weighted by molar-refractivity contribution is 9.10. The Morgan fingerprint density at radius 2 is 2.13 bits per heavy atom. The number of hydrogen-bond donors (Lipinski definition) is 1. The van der Waals surface area contributed by atoms with E-state index in [1.807, 2.05) is 32.2 Å². The molecule has 0 atom stereocenters. The van der Waals surface area contributed by atoms with E-state index in [9.17, 15) is 0 Å². The first-order chi connectivity index (χ1) is 11.0. The maximum Gasteiger partial charge on any atom is 0.239 e. The molecule has 0 saturated carbocycles. The summed E-state index contributed by atoms with van der Waals surface area (Å²) in [7, 11) is 3.72. The number of aryl methyl sites for hydroxylation is 1. The Bertz CT molecular complexity index is 749. The van der Waals surface area contributed by atoms with E-state index in [-0.39, 0.29) is 0 Å². The number of methoxy groups -OCH3 is 1. The Labute approximate surface area is 144 Å². The van der Waals surface area contributed by atoms with Crippen LogP contribution in [0, 0.1) is 13.8 Å². The first kappa shape index (κ1) is 15.9. The van der Waals surface area contributed by atoms with Crippen molar-refractivity contribution in [3.63, 3.8) is 0 Å². The average Bonchev–Trinajstić information content (AvgIpc) is 2.53. The van der Waals surface area contributed by atoms with Gasteiger partial charge in [0.25, 0.3) is 0 Å². The quantitative estimate of drug-likeness (QED) is 0.874. The Kier molecular flexibility index (Phi) is 4.35. The van der Waals surface area contributed by atoms with Gasteiger partial charge in [0, 0.05) is 18.3 Å². The lowest BCUT2D eigenvalue weighted by Crippen LogP contribution is -2.29. The van der Waals surface area contributed by atoms with Gasteiger partial charge in [-0.05, 0) is 47.5 Å². The van der Waals surface area contributed by atoms with Crippen molar-refractivity contribution in [1.29, 1.82) is 0 Å². The molecule has 0 unspecified atom stereocenters. The molecule has 0 amide bonds. The molecule has 0 saturated heterocycles. The topological polar surface area (TPSA) is 46.6 Å². The van der Waals surface area contributed by atoms with Crippen molar-refractivity contribution in [2.24, 2.45) is 0 Å². The molecule has 2 heterocycles. The zero-order chi connectivity index (χ0) is 16.6. The van der Waals surface area contributed by atoms with E-state index in [0.29, 0.717) is 12.5 Å². The van der Waals surface area contributed by atoms with Gasteiger partial charge in [-0.1, -0.05) is 6.07 Å². The van der Waals surface area contributed by atoms with Gasteiger partial charge in [-0.2, -0.15) is 4.98 Å². The van der Waals surface area contributed by atoms with Crippen molar-refractivity contribution in [2.75, 3.05) is 37.5 Å². The summed E-state index contributed by atoms with van der Waals surface area (Å²) in [6.45, 7) is 5.60. The van der Waals surface area contributed by atoms with Crippen LogP contribution >= 0.6 is 15.9 Å². The lowest BCUT2D eigenvalue weighted by atomic mass is 10.1. The minimum Gasteiger partial charge on any atom is -0.496 e. The average molecular weight is 378 g/mol. The molecule has 1 aliphatic heterocycles. The summed E-state index contributed by atoms with van der Waals surface area (Å²) in [5, 5.41) is 3.41. The molecule has 0 spiro atoms. The highest BCUT2D eigenvalue weighted by Gasteiger charge is 2.20. The number of pyridine rings is 1. The van der Waals surface area contributed by atoms with Crippen LogP contribution in [0.25, 0.3) is 0 Å². The molecule has 2 aromatic rings. The summed E-state index contributed by atoms with van der Waals surface area (Å²) in [4.78, 5) is 6.77. The van der Waals surface area contributed by atoms with Crippen molar-refractivity contribution in [3.8, 4) is 11.6 Å². The molecule has 23 heavy (non-hydrogen) atoms. The number of fused-ring (bicyclic) bond motifs is 1. The summed E-state index contributed by atoms with van der Waals surface area (Å²) in [6, 6.07) is 6.04. The Balaban J connectivity index is 2.01. The maximum absolute atomic E-state index is 5.69. The summed E-state index contributed by atoms with van der Waals surface area (Å²) in [5.41, 5.74) is 4.18. The molecule has 1 aliphatic rings. The third-order valence-electron chi connectivity index (χ3n) is 4.09. The van der Waals surface area contributed by atoms with Crippen LogP contribution in [-0.4, -0.2) is 32.3 Å². The van der Waals surface area contributed by atoms with E-state index in [1.165, 1.54) is 0 Å². The predicted molar refractivity (Wildman–Crippen MR) is 96.5 cm³/mol. The molecule has 1 aromatic heterocycles. The van der Waals surface area contributed by atoms with Crippen molar-refractivity contribution >= 4 is 33.1 Å². The van der Waals surface area contributed by atoms with Crippen LogP contribution in [0.2, 0.25) is 0 Å². The Morgan fingerprint density at radius 1 is 1.35 bits per heavy atom. The molecule has 0 fully saturated rings. The zero-order valence-electron chi connectivity index (χ0n) is 13.7. The number of likely N-dealkylation sites (N-methyl/N-ethyl adjacent to an activating group) is 1. The summed E-state index contributed by atoms with van der Waals surface area (Å²) in [5.74, 6) is 2.24. The number of nitrogens with one attached hydrogen (secondary N) is 1. The van der Waals surface area contributed by atoms with Crippen LogP contribution in [0.3, 0.4) is 0 Å². The van der Waals surface area contributed by atoms with E-state index in [4.69, 9.17) is 9.47 Å². The largest absolute Gasteiger partial charge is 0.496 e. The molecule has 3 rings (SSSR count). The molecule has 122 valence electrons. The fourth-order valence-corrected chi connectivity index (χ4v) is 3.09. The molecule has 6 heteroatoms. The second-order valence-electron chi connectivity index (χ2n) is 5.62. The van der Waals surface area contributed by atoms with Gasteiger partial charge in [0.15, 0.2) is 0 Å². The van der Waals surface area contributed by atoms with E-state index in [1.54, 1.807) is 7.11 Å². The highest BCUT2D eigenvalue weighted by atomic mass is 79.9. The van der Waals surface area contributed by atoms with Gasteiger partial charge in [-0.15, -0.1) is 0 Å². The summed E-state index contributed by atoms with van der Waals surface area (Å²) >= 11 is 3.61. The van der Waals surface area contributed by atoms with E-state index < -0.39 is 0 Å². The van der Waals surface area contributed by atoms with Crippen LogP contribution in [0.5, 0.6) is 11.6 Å². The summed E-state index contributed by atoms with van der Waals surface area (Å²) in [6.07, 6.45) is 0. The fourth-order valence-electron chi connectivity index (χ4n) is 2.69. The monoisotopic (exact) mass is 377 g/mol.